The first-order chi connectivity index (χ1) is 11.8. The van der Waals surface area contributed by atoms with E-state index in [0.717, 1.165) is 6.26 Å². The maximum atomic E-state index is 12.2. The smallest absolute Gasteiger partial charge is 0.264 e. The first kappa shape index (κ1) is 17.6. The maximum Gasteiger partial charge on any atom is 0.264 e. The Labute approximate surface area is 146 Å². The molecule has 0 saturated carbocycles. The highest BCUT2D eigenvalue weighted by atomic mass is 32.2. The number of hydrogen-bond acceptors (Lipinski definition) is 6. The van der Waals surface area contributed by atoms with Crippen LogP contribution in [0, 0.1) is 0 Å². The highest BCUT2D eigenvalue weighted by Gasteiger charge is 2.31. The van der Waals surface area contributed by atoms with Crippen molar-refractivity contribution in [1.82, 2.24) is 4.72 Å². The fraction of sp³-hybridized carbons (Fsp3) is 0.188. The molecule has 1 aliphatic heterocycles. The summed E-state index contributed by atoms with van der Waals surface area (Å²) in [6.07, 6.45) is 0.954. The van der Waals surface area contributed by atoms with E-state index in [1.165, 1.54) is 6.07 Å². The van der Waals surface area contributed by atoms with Crippen LogP contribution in [0.2, 0.25) is 0 Å². The van der Waals surface area contributed by atoms with Crippen molar-refractivity contribution < 1.29 is 21.0 Å². The van der Waals surface area contributed by atoms with Gasteiger partial charge in [0, 0.05) is 5.56 Å². The van der Waals surface area contributed by atoms with Crippen LogP contribution in [-0.2, 0) is 24.3 Å². The van der Waals surface area contributed by atoms with Crippen molar-refractivity contribution in [3.05, 3.63) is 65.7 Å². The molecule has 1 atom stereocenters. The van der Waals surface area contributed by atoms with E-state index in [1.54, 1.807) is 42.5 Å². The SMILES string of the molecule is CS(=O)(=O)OCC(N=C1NS(=O)(=O)c2ccccc21)c1ccccc1. The van der Waals surface area contributed by atoms with Crippen molar-refractivity contribution in [3.63, 3.8) is 0 Å². The summed E-state index contributed by atoms with van der Waals surface area (Å²) in [5, 5.41) is 0. The molecule has 0 saturated heterocycles. The molecule has 0 bridgehead atoms. The van der Waals surface area contributed by atoms with Crippen molar-refractivity contribution >= 4 is 26.0 Å². The lowest BCUT2D eigenvalue weighted by Crippen LogP contribution is -2.24. The van der Waals surface area contributed by atoms with E-state index in [2.05, 4.69) is 9.71 Å². The average Bonchev–Trinajstić information content (AvgIpc) is 2.82. The fourth-order valence-corrected chi connectivity index (χ4v) is 4.07. The zero-order chi connectivity index (χ0) is 18.1. The molecule has 0 spiro atoms. The number of benzene rings is 2. The molecule has 1 heterocycles. The Hall–Kier alpha value is -2.23. The Morgan fingerprint density at radius 2 is 1.72 bits per heavy atom. The zero-order valence-corrected chi connectivity index (χ0v) is 14.9. The summed E-state index contributed by atoms with van der Waals surface area (Å²) >= 11 is 0. The average molecular weight is 380 g/mol. The Balaban J connectivity index is 2.02. The van der Waals surface area contributed by atoms with E-state index < -0.39 is 26.2 Å². The third-order valence-corrected chi connectivity index (χ3v) is 5.53. The van der Waals surface area contributed by atoms with Gasteiger partial charge in [-0.1, -0.05) is 42.5 Å². The number of rotatable bonds is 5. The van der Waals surface area contributed by atoms with Crippen molar-refractivity contribution in [3.8, 4) is 0 Å². The molecular formula is C16H16N2O5S2. The van der Waals surface area contributed by atoms with E-state index in [1.807, 2.05) is 6.07 Å². The van der Waals surface area contributed by atoms with E-state index >= 15 is 0 Å². The van der Waals surface area contributed by atoms with Crippen LogP contribution in [-0.4, -0.2) is 35.5 Å². The Bertz CT molecular complexity index is 1020. The second kappa shape index (κ2) is 6.58. The van der Waals surface area contributed by atoms with Crippen molar-refractivity contribution in [2.45, 2.75) is 10.9 Å². The van der Waals surface area contributed by atoms with Crippen LogP contribution in [0.3, 0.4) is 0 Å². The number of nitrogens with zero attached hydrogens (tertiary/aromatic N) is 1. The maximum absolute atomic E-state index is 12.2. The number of fused-ring (bicyclic) bond motifs is 1. The quantitative estimate of drug-likeness (QED) is 0.791. The van der Waals surface area contributed by atoms with Crippen LogP contribution in [0.4, 0.5) is 0 Å². The highest BCUT2D eigenvalue weighted by molar-refractivity contribution is 7.90. The van der Waals surface area contributed by atoms with E-state index in [4.69, 9.17) is 4.18 Å². The Morgan fingerprint density at radius 3 is 2.40 bits per heavy atom. The molecule has 0 amide bonds. The minimum atomic E-state index is -3.67. The first-order valence-electron chi connectivity index (χ1n) is 7.36. The largest absolute Gasteiger partial charge is 0.268 e. The van der Waals surface area contributed by atoms with Gasteiger partial charge in [0.2, 0.25) is 0 Å². The van der Waals surface area contributed by atoms with Gasteiger partial charge in [0.15, 0.2) is 0 Å². The predicted octanol–water partition coefficient (Wildman–Crippen LogP) is 1.44. The summed E-state index contributed by atoms with van der Waals surface area (Å²) in [4.78, 5) is 4.57. The van der Waals surface area contributed by atoms with Gasteiger partial charge in [0.25, 0.3) is 20.1 Å². The van der Waals surface area contributed by atoms with Crippen molar-refractivity contribution in [2.75, 3.05) is 12.9 Å². The third-order valence-electron chi connectivity index (χ3n) is 3.57. The summed E-state index contributed by atoms with van der Waals surface area (Å²) < 4.78 is 54.3. The van der Waals surface area contributed by atoms with Gasteiger partial charge in [-0.25, -0.2) is 8.42 Å². The van der Waals surface area contributed by atoms with Crippen molar-refractivity contribution in [2.24, 2.45) is 4.99 Å². The topological polar surface area (TPSA) is 102 Å². The van der Waals surface area contributed by atoms with Gasteiger partial charge in [-0.2, -0.15) is 8.42 Å². The van der Waals surface area contributed by atoms with Gasteiger partial charge >= 0.3 is 0 Å². The molecule has 132 valence electrons. The molecule has 3 rings (SSSR count). The zero-order valence-electron chi connectivity index (χ0n) is 13.3. The summed E-state index contributed by atoms with van der Waals surface area (Å²) in [7, 11) is -7.32. The molecule has 2 aromatic carbocycles. The molecule has 0 aromatic heterocycles. The number of hydrogen-bond donors (Lipinski definition) is 1. The number of nitrogens with one attached hydrogen (secondary N) is 1. The van der Waals surface area contributed by atoms with Gasteiger partial charge in [-0.15, -0.1) is 0 Å². The minimum absolute atomic E-state index is 0.143. The second-order valence-corrected chi connectivity index (χ2v) is 8.79. The van der Waals surface area contributed by atoms with Gasteiger partial charge in [-0.3, -0.25) is 13.9 Å². The van der Waals surface area contributed by atoms with Crippen LogP contribution in [0.25, 0.3) is 0 Å². The lowest BCUT2D eigenvalue weighted by Gasteiger charge is -2.14. The van der Waals surface area contributed by atoms with Crippen LogP contribution in [0.15, 0.2) is 64.5 Å². The molecular weight excluding hydrogens is 364 g/mol. The molecule has 1 aliphatic rings. The molecule has 0 aliphatic carbocycles. The summed E-state index contributed by atoms with van der Waals surface area (Å²) in [5.74, 6) is 0.168. The third kappa shape index (κ3) is 4.06. The Morgan fingerprint density at radius 1 is 1.08 bits per heavy atom. The molecule has 9 heteroatoms. The standard InChI is InChI=1S/C16H16N2O5S2/c1-24(19,20)23-11-14(12-7-3-2-4-8-12)17-16-13-9-5-6-10-15(13)25(21,22)18-16/h2-10,14H,11H2,1H3,(H,17,18). The van der Waals surface area contributed by atoms with E-state index in [-0.39, 0.29) is 17.3 Å². The summed E-state index contributed by atoms with van der Waals surface area (Å²) in [6, 6.07) is 14.7. The second-order valence-electron chi connectivity index (χ2n) is 5.49. The van der Waals surface area contributed by atoms with Gasteiger partial charge < -0.3 is 0 Å². The lowest BCUT2D eigenvalue weighted by molar-refractivity contribution is 0.297. The molecule has 0 radical (unpaired) electrons. The Kier molecular flexibility index (Phi) is 4.63. The van der Waals surface area contributed by atoms with Crippen LogP contribution in [0.5, 0.6) is 0 Å². The van der Waals surface area contributed by atoms with Crippen LogP contribution < -0.4 is 4.72 Å². The monoisotopic (exact) mass is 380 g/mol. The van der Waals surface area contributed by atoms with Gasteiger partial charge in [-0.05, 0) is 17.7 Å². The first-order valence-corrected chi connectivity index (χ1v) is 10.7. The molecule has 1 N–H and O–H groups in total. The van der Waals surface area contributed by atoms with Crippen LogP contribution >= 0.6 is 0 Å². The molecule has 25 heavy (non-hydrogen) atoms. The number of sulfonamides is 1. The summed E-state index contributed by atoms with van der Waals surface area (Å²) in [6.45, 7) is -0.226. The fourth-order valence-electron chi connectivity index (χ4n) is 2.46. The normalized spacial score (nSPS) is 18.5. The predicted molar refractivity (Wildman–Crippen MR) is 93.3 cm³/mol. The van der Waals surface area contributed by atoms with Gasteiger partial charge in [0.05, 0.1) is 17.8 Å². The van der Waals surface area contributed by atoms with Crippen molar-refractivity contribution in [1.29, 1.82) is 0 Å². The number of aliphatic imine (C=N–C) groups is 1. The van der Waals surface area contributed by atoms with E-state index in [0.29, 0.717) is 11.1 Å². The van der Waals surface area contributed by atoms with Crippen LogP contribution in [0.1, 0.15) is 17.2 Å². The van der Waals surface area contributed by atoms with Gasteiger partial charge in [0.1, 0.15) is 11.9 Å². The number of amidine groups is 1. The summed E-state index contributed by atoms with van der Waals surface area (Å²) in [5.41, 5.74) is 1.16. The molecule has 1 unspecified atom stereocenters. The molecule has 7 nitrogen and oxygen atoms in total. The van der Waals surface area contributed by atoms with E-state index in [9.17, 15) is 16.8 Å². The minimum Gasteiger partial charge on any atom is -0.268 e. The molecule has 0 fully saturated rings. The lowest BCUT2D eigenvalue weighted by atomic mass is 10.1. The molecule has 2 aromatic rings. The highest BCUT2D eigenvalue weighted by Crippen LogP contribution is 2.26.